The highest BCUT2D eigenvalue weighted by atomic mass is 32.2. The van der Waals surface area contributed by atoms with Gasteiger partial charge in [-0.3, -0.25) is 0 Å². The van der Waals surface area contributed by atoms with Crippen LogP contribution in [0.2, 0.25) is 0 Å². The summed E-state index contributed by atoms with van der Waals surface area (Å²) in [5, 5.41) is 0. The van der Waals surface area contributed by atoms with Crippen LogP contribution in [0.15, 0.2) is 0 Å². The second-order valence-corrected chi connectivity index (χ2v) is 3.34. The molecule has 0 aliphatic carbocycles. The van der Waals surface area contributed by atoms with Crippen molar-refractivity contribution >= 4 is 56.9 Å². The van der Waals surface area contributed by atoms with E-state index in [4.69, 9.17) is 0 Å². The van der Waals surface area contributed by atoms with E-state index in [1.165, 1.54) is 0 Å². The largest absolute Gasteiger partial charge is 0.123 e. The smallest absolute Gasteiger partial charge is 0.0444 e. The third kappa shape index (κ3) is 54.3. The second-order valence-electron chi connectivity index (χ2n) is 0.779. The molecule has 0 spiro atoms. The summed E-state index contributed by atoms with van der Waals surface area (Å²) in [5.41, 5.74) is 0. The van der Waals surface area contributed by atoms with Crippen LogP contribution < -0.4 is 0 Å². The molecule has 0 aromatic heterocycles. The van der Waals surface area contributed by atoms with Gasteiger partial charge in [0, 0.05) is 8.51 Å². The summed E-state index contributed by atoms with van der Waals surface area (Å²) in [5.74, 6) is 0. The predicted molar refractivity (Wildman–Crippen MR) is 58.7 cm³/mol. The number of thiocarbonyl (C=S) groups is 3. The van der Waals surface area contributed by atoms with Crippen LogP contribution in [-0.4, -0.2) is 14.8 Å². The average molecular weight is 198 g/mol. The highest BCUT2D eigenvalue weighted by Gasteiger charge is 1.71. The van der Waals surface area contributed by atoms with Crippen molar-refractivity contribution in [2.75, 3.05) is 6.26 Å². The van der Waals surface area contributed by atoms with Crippen LogP contribution in [0, 0.1) is 0 Å². The van der Waals surface area contributed by atoms with Crippen LogP contribution in [0.5, 0.6) is 0 Å². The minimum atomic E-state index is 0. The first-order valence-electron chi connectivity index (χ1n) is 1.72. The molecule has 0 atom stereocenters. The highest BCUT2D eigenvalue weighted by Crippen LogP contribution is 1.92. The van der Waals surface area contributed by atoms with Crippen molar-refractivity contribution in [2.24, 2.45) is 0 Å². The molecule has 54 valence electrons. The van der Waals surface area contributed by atoms with Gasteiger partial charge in [0.25, 0.3) is 0 Å². The van der Waals surface area contributed by atoms with E-state index in [-0.39, 0.29) is 7.43 Å². The molecular weight excluding hydrogens is 188 g/mol. The Morgan fingerprint density at radius 2 is 1.56 bits per heavy atom. The number of rotatable bonds is 0. The molecule has 0 saturated heterocycles. The first-order valence-corrected chi connectivity index (χ1v) is 4.17. The molecule has 0 amide bonds. The Hall–Kier alpha value is 0.660. The van der Waals surface area contributed by atoms with E-state index < -0.39 is 0 Å². The molecule has 0 aromatic carbocycles. The van der Waals surface area contributed by atoms with E-state index in [9.17, 15) is 0 Å². The van der Waals surface area contributed by atoms with Gasteiger partial charge in [0.15, 0.2) is 0 Å². The van der Waals surface area contributed by atoms with Gasteiger partial charge in [-0.25, -0.2) is 0 Å². The van der Waals surface area contributed by atoms with Gasteiger partial charge < -0.3 is 0 Å². The number of hydrogen-bond acceptors (Lipinski definition) is 4. The summed E-state index contributed by atoms with van der Waals surface area (Å²) in [6.45, 7) is 1.92. The maximum absolute atomic E-state index is 4.66. The summed E-state index contributed by atoms with van der Waals surface area (Å²) in [7, 11) is 0. The third-order valence-electron chi connectivity index (χ3n) is 0.287. The van der Waals surface area contributed by atoms with Gasteiger partial charge in [-0.05, 0) is 37.6 Å². The van der Waals surface area contributed by atoms with Gasteiger partial charge in [-0.1, -0.05) is 19.6 Å². The summed E-state index contributed by atoms with van der Waals surface area (Å²) < 4.78 is 2.92. The Bertz CT molecular complexity index is 91.1. The Balaban J connectivity index is -0.0000000800. The monoisotopic (exact) mass is 198 g/mol. The Kier molecular flexibility index (Phi) is 28.8. The SMILES string of the molecule is C.CSC(C)=S.S=C=S. The average Bonchev–Trinajstić information content (AvgIpc) is 1.69. The fourth-order valence-electron chi connectivity index (χ4n) is 0. The molecule has 0 aliphatic heterocycles. The topological polar surface area (TPSA) is 0 Å². The Morgan fingerprint density at radius 1 is 1.44 bits per heavy atom. The summed E-state index contributed by atoms with van der Waals surface area (Å²) in [6, 6.07) is 0. The van der Waals surface area contributed by atoms with Crippen molar-refractivity contribution < 1.29 is 0 Å². The maximum Gasteiger partial charge on any atom is 0.0444 e. The molecule has 0 bridgehead atoms. The van der Waals surface area contributed by atoms with Gasteiger partial charge in [0.1, 0.15) is 0 Å². The van der Waals surface area contributed by atoms with E-state index in [1.54, 1.807) is 11.8 Å². The van der Waals surface area contributed by atoms with Crippen molar-refractivity contribution in [2.45, 2.75) is 14.4 Å². The third-order valence-corrected chi connectivity index (χ3v) is 1.36. The first kappa shape index (κ1) is 16.3. The summed E-state index contributed by atoms with van der Waals surface area (Å²) >= 11 is 14.2. The molecule has 4 heteroatoms. The molecule has 9 heavy (non-hydrogen) atoms. The van der Waals surface area contributed by atoms with Crippen molar-refractivity contribution in [3.05, 3.63) is 0 Å². The molecular formula is C5H10S4. The fourth-order valence-corrected chi connectivity index (χ4v) is 0. The zero-order chi connectivity index (χ0) is 6.99. The summed E-state index contributed by atoms with van der Waals surface area (Å²) in [4.78, 5) is 0. The molecule has 0 heterocycles. The Morgan fingerprint density at radius 3 is 1.56 bits per heavy atom. The van der Waals surface area contributed by atoms with E-state index >= 15 is 0 Å². The molecule has 0 N–H and O–H groups in total. The van der Waals surface area contributed by atoms with Crippen LogP contribution in [0.4, 0.5) is 0 Å². The highest BCUT2D eigenvalue weighted by molar-refractivity contribution is 8.22. The minimum absolute atomic E-state index is 0. The standard InChI is InChI=1S/C3H6S2.CS2.CH4/c1-3(4)5-2;2-1-3;/h1-2H3;;1H4. The van der Waals surface area contributed by atoms with Crippen LogP contribution in [0.1, 0.15) is 14.4 Å². The maximum atomic E-state index is 4.66. The normalized spacial score (nSPS) is 5.11. The fraction of sp³-hybridized carbons (Fsp3) is 0.600. The lowest BCUT2D eigenvalue weighted by molar-refractivity contribution is 2.11. The van der Waals surface area contributed by atoms with E-state index in [0.29, 0.717) is 0 Å². The number of thioether (sulfide) groups is 1. The predicted octanol–water partition coefficient (Wildman–Crippen LogP) is 3.35. The molecule has 0 aromatic rings. The molecule has 0 aliphatic rings. The van der Waals surface area contributed by atoms with Gasteiger partial charge in [-0.2, -0.15) is 0 Å². The molecule has 0 rings (SSSR count). The van der Waals surface area contributed by atoms with Crippen molar-refractivity contribution in [3.63, 3.8) is 0 Å². The van der Waals surface area contributed by atoms with Crippen LogP contribution >= 0.6 is 48.4 Å². The first-order chi connectivity index (χ1) is 3.68. The van der Waals surface area contributed by atoms with Crippen molar-refractivity contribution in [3.8, 4) is 0 Å². The zero-order valence-corrected chi connectivity index (χ0v) is 7.90. The lowest BCUT2D eigenvalue weighted by atomic mass is 11.0. The molecule has 0 radical (unpaired) electrons. The molecule has 0 unspecified atom stereocenters. The second kappa shape index (κ2) is 15.9. The number of hydrogen-bond donors (Lipinski definition) is 0. The van der Waals surface area contributed by atoms with E-state index in [0.717, 1.165) is 4.20 Å². The van der Waals surface area contributed by atoms with Crippen molar-refractivity contribution in [1.29, 1.82) is 0 Å². The molecule has 0 nitrogen and oxygen atoms in total. The van der Waals surface area contributed by atoms with Crippen molar-refractivity contribution in [1.82, 2.24) is 0 Å². The van der Waals surface area contributed by atoms with Gasteiger partial charge in [-0.15, -0.1) is 11.8 Å². The van der Waals surface area contributed by atoms with E-state index in [1.807, 2.05) is 17.5 Å². The van der Waals surface area contributed by atoms with Gasteiger partial charge in [0.2, 0.25) is 0 Å². The zero-order valence-electron chi connectivity index (χ0n) is 4.63. The van der Waals surface area contributed by atoms with Crippen LogP contribution in [0.3, 0.4) is 0 Å². The van der Waals surface area contributed by atoms with Gasteiger partial charge >= 0.3 is 0 Å². The lowest BCUT2D eigenvalue weighted by Crippen LogP contribution is -1.66. The molecule has 0 fully saturated rings. The Labute approximate surface area is 77.4 Å². The van der Waals surface area contributed by atoms with E-state index in [2.05, 4.69) is 36.7 Å². The van der Waals surface area contributed by atoms with Gasteiger partial charge in [0.05, 0.1) is 0 Å². The summed E-state index contributed by atoms with van der Waals surface area (Å²) in [6.07, 6.45) is 1.97. The van der Waals surface area contributed by atoms with Crippen LogP contribution in [-0.2, 0) is 0 Å². The minimum Gasteiger partial charge on any atom is -0.123 e. The van der Waals surface area contributed by atoms with Crippen LogP contribution in [0.25, 0.3) is 0 Å². The quantitative estimate of drug-likeness (QED) is 0.547. The lowest BCUT2D eigenvalue weighted by Gasteiger charge is -1.76. The molecule has 0 saturated carbocycles.